The van der Waals surface area contributed by atoms with Gasteiger partial charge in [-0.15, -0.1) is 0 Å². The van der Waals surface area contributed by atoms with Crippen LogP contribution in [0.1, 0.15) is 30.7 Å². The van der Waals surface area contributed by atoms with E-state index in [2.05, 4.69) is 22.8 Å². The van der Waals surface area contributed by atoms with Crippen LogP contribution in [0.3, 0.4) is 0 Å². The van der Waals surface area contributed by atoms with Crippen LogP contribution in [0, 0.1) is 11.3 Å². The molecule has 1 aliphatic heterocycles. The molecule has 1 aromatic rings. The Labute approximate surface area is 107 Å². The number of nitrogens with zero attached hydrogens (tertiary/aromatic N) is 1. The van der Waals surface area contributed by atoms with Gasteiger partial charge in [0.15, 0.2) is 0 Å². The van der Waals surface area contributed by atoms with E-state index in [9.17, 15) is 4.79 Å². The third kappa shape index (κ3) is 3.01. The molecule has 0 radical (unpaired) electrons. The maximum absolute atomic E-state index is 11.8. The molecule has 94 valence electrons. The third-order valence-electron chi connectivity index (χ3n) is 3.16. The molecule has 2 rings (SSSR count). The van der Waals surface area contributed by atoms with Gasteiger partial charge in [-0.1, -0.05) is 18.2 Å². The highest BCUT2D eigenvalue weighted by molar-refractivity contribution is 5.78. The minimum Gasteiger partial charge on any atom is -0.384 e. The average Bonchev–Trinajstić information content (AvgIpc) is 2.78. The number of rotatable bonds is 5. The molecule has 0 saturated carbocycles. The maximum Gasteiger partial charge on any atom is 0.220 e. The summed E-state index contributed by atoms with van der Waals surface area (Å²) in [6.07, 6.45) is 1.73. The van der Waals surface area contributed by atoms with Gasteiger partial charge in [0, 0.05) is 37.5 Å². The van der Waals surface area contributed by atoms with Crippen LogP contribution in [-0.4, -0.2) is 19.0 Å². The first kappa shape index (κ1) is 12.4. The quantitative estimate of drug-likeness (QED) is 0.777. The van der Waals surface area contributed by atoms with Crippen LogP contribution in [0.4, 0.5) is 5.69 Å². The van der Waals surface area contributed by atoms with E-state index in [0.29, 0.717) is 19.4 Å². The summed E-state index contributed by atoms with van der Waals surface area (Å²) < 4.78 is 0. The number of carbonyl (C=O) groups is 1. The zero-order chi connectivity index (χ0) is 12.8. The highest BCUT2D eigenvalue weighted by atomic mass is 16.1. The van der Waals surface area contributed by atoms with E-state index < -0.39 is 0 Å². The summed E-state index contributed by atoms with van der Waals surface area (Å²) in [6, 6.07) is 10.2. The molecule has 0 saturated heterocycles. The molecule has 0 aliphatic carbocycles. The Hall–Kier alpha value is -2.02. The molecule has 1 atom stereocenters. The van der Waals surface area contributed by atoms with E-state index in [-0.39, 0.29) is 11.8 Å². The zero-order valence-corrected chi connectivity index (χ0v) is 10.3. The van der Waals surface area contributed by atoms with Crippen molar-refractivity contribution in [1.82, 2.24) is 5.32 Å². The van der Waals surface area contributed by atoms with Crippen LogP contribution in [0.15, 0.2) is 24.3 Å². The lowest BCUT2D eigenvalue weighted by Gasteiger charge is -2.10. The smallest absolute Gasteiger partial charge is 0.220 e. The van der Waals surface area contributed by atoms with E-state index in [0.717, 1.165) is 18.7 Å². The standard InChI is InChI=1S/C14H17N3O/c15-7-3-4-8-16-14(18)9-11-10-17-13-6-2-1-5-12(11)13/h1-2,5-6,11,17H,3-4,8-10H2,(H,16,18). The molecular formula is C14H17N3O. The molecule has 1 aromatic carbocycles. The molecule has 1 unspecified atom stereocenters. The topological polar surface area (TPSA) is 64.9 Å². The molecule has 2 N–H and O–H groups in total. The molecule has 4 heteroatoms. The SMILES string of the molecule is N#CCCCNC(=O)CC1CNc2ccccc21. The Balaban J connectivity index is 1.81. The summed E-state index contributed by atoms with van der Waals surface area (Å²) in [7, 11) is 0. The first-order valence-corrected chi connectivity index (χ1v) is 6.27. The van der Waals surface area contributed by atoms with Crippen molar-refractivity contribution in [3.63, 3.8) is 0 Å². The monoisotopic (exact) mass is 243 g/mol. The molecule has 18 heavy (non-hydrogen) atoms. The van der Waals surface area contributed by atoms with Crippen molar-refractivity contribution in [3.05, 3.63) is 29.8 Å². The number of para-hydroxylation sites is 1. The number of hydrogen-bond acceptors (Lipinski definition) is 3. The van der Waals surface area contributed by atoms with Gasteiger partial charge in [-0.3, -0.25) is 4.79 Å². The van der Waals surface area contributed by atoms with Gasteiger partial charge in [-0.25, -0.2) is 0 Å². The van der Waals surface area contributed by atoms with Crippen LogP contribution in [0.25, 0.3) is 0 Å². The molecule has 0 spiro atoms. The van der Waals surface area contributed by atoms with E-state index in [4.69, 9.17) is 5.26 Å². The van der Waals surface area contributed by atoms with Gasteiger partial charge < -0.3 is 10.6 Å². The Kier molecular flexibility index (Phi) is 4.19. The Morgan fingerprint density at radius 1 is 1.50 bits per heavy atom. The van der Waals surface area contributed by atoms with E-state index in [1.165, 1.54) is 5.56 Å². The van der Waals surface area contributed by atoms with E-state index in [1.54, 1.807) is 0 Å². The van der Waals surface area contributed by atoms with Crippen molar-refractivity contribution in [2.75, 3.05) is 18.4 Å². The van der Waals surface area contributed by atoms with Crippen LogP contribution in [0.2, 0.25) is 0 Å². The van der Waals surface area contributed by atoms with Crippen molar-refractivity contribution in [3.8, 4) is 6.07 Å². The van der Waals surface area contributed by atoms with Gasteiger partial charge in [-0.05, 0) is 18.1 Å². The van der Waals surface area contributed by atoms with Crippen molar-refractivity contribution in [2.45, 2.75) is 25.2 Å². The first-order valence-electron chi connectivity index (χ1n) is 6.27. The second-order valence-electron chi connectivity index (χ2n) is 4.48. The average molecular weight is 243 g/mol. The normalized spacial score (nSPS) is 16.5. The minimum atomic E-state index is 0.0662. The van der Waals surface area contributed by atoms with Crippen molar-refractivity contribution in [1.29, 1.82) is 5.26 Å². The van der Waals surface area contributed by atoms with Gasteiger partial charge >= 0.3 is 0 Å². The second-order valence-corrected chi connectivity index (χ2v) is 4.48. The van der Waals surface area contributed by atoms with E-state index in [1.807, 2.05) is 18.2 Å². The minimum absolute atomic E-state index is 0.0662. The fourth-order valence-corrected chi connectivity index (χ4v) is 2.23. The van der Waals surface area contributed by atoms with Crippen LogP contribution in [-0.2, 0) is 4.79 Å². The summed E-state index contributed by atoms with van der Waals surface area (Å²) in [4.78, 5) is 11.8. The van der Waals surface area contributed by atoms with Crippen LogP contribution >= 0.6 is 0 Å². The maximum atomic E-state index is 11.8. The van der Waals surface area contributed by atoms with Crippen molar-refractivity contribution in [2.24, 2.45) is 0 Å². The highest BCUT2D eigenvalue weighted by Crippen LogP contribution is 2.32. The van der Waals surface area contributed by atoms with Gasteiger partial charge in [0.2, 0.25) is 5.91 Å². The summed E-state index contributed by atoms with van der Waals surface area (Å²) in [6.45, 7) is 1.42. The van der Waals surface area contributed by atoms with Gasteiger partial charge in [0.25, 0.3) is 0 Å². The predicted octanol–water partition coefficient (Wildman–Crippen LogP) is 2.01. The zero-order valence-electron chi connectivity index (χ0n) is 10.3. The number of carbonyl (C=O) groups excluding carboxylic acids is 1. The largest absolute Gasteiger partial charge is 0.384 e. The summed E-state index contributed by atoms with van der Waals surface area (Å²) in [5.41, 5.74) is 2.37. The van der Waals surface area contributed by atoms with Crippen LogP contribution < -0.4 is 10.6 Å². The van der Waals surface area contributed by atoms with E-state index >= 15 is 0 Å². The number of anilines is 1. The lowest BCUT2D eigenvalue weighted by atomic mass is 9.97. The fraction of sp³-hybridized carbons (Fsp3) is 0.429. The molecule has 0 fully saturated rings. The number of nitrogens with one attached hydrogen (secondary N) is 2. The summed E-state index contributed by atoms with van der Waals surface area (Å²) in [5.74, 6) is 0.327. The second kappa shape index (κ2) is 6.06. The number of nitriles is 1. The Bertz CT molecular complexity index is 464. The molecule has 0 bridgehead atoms. The Morgan fingerprint density at radius 3 is 3.17 bits per heavy atom. The number of hydrogen-bond donors (Lipinski definition) is 2. The number of fused-ring (bicyclic) bond motifs is 1. The van der Waals surface area contributed by atoms with Crippen molar-refractivity contribution >= 4 is 11.6 Å². The fourth-order valence-electron chi connectivity index (χ4n) is 2.23. The summed E-state index contributed by atoms with van der Waals surface area (Å²) in [5, 5.41) is 14.6. The Morgan fingerprint density at radius 2 is 2.33 bits per heavy atom. The molecule has 1 aliphatic rings. The van der Waals surface area contributed by atoms with Crippen LogP contribution in [0.5, 0.6) is 0 Å². The lowest BCUT2D eigenvalue weighted by Crippen LogP contribution is -2.26. The highest BCUT2D eigenvalue weighted by Gasteiger charge is 2.23. The summed E-state index contributed by atoms with van der Waals surface area (Å²) >= 11 is 0. The molecule has 1 heterocycles. The number of unbranched alkanes of at least 4 members (excludes halogenated alkanes) is 1. The first-order chi connectivity index (χ1) is 8.81. The molecule has 1 amide bonds. The number of benzene rings is 1. The number of amides is 1. The molecular weight excluding hydrogens is 226 g/mol. The van der Waals surface area contributed by atoms with Gasteiger partial charge in [-0.2, -0.15) is 5.26 Å². The van der Waals surface area contributed by atoms with Gasteiger partial charge in [0.1, 0.15) is 0 Å². The molecule has 0 aromatic heterocycles. The third-order valence-corrected chi connectivity index (χ3v) is 3.16. The lowest BCUT2D eigenvalue weighted by molar-refractivity contribution is -0.121. The molecule has 4 nitrogen and oxygen atoms in total. The predicted molar refractivity (Wildman–Crippen MR) is 70.1 cm³/mol. The van der Waals surface area contributed by atoms with Gasteiger partial charge in [0.05, 0.1) is 6.07 Å². The van der Waals surface area contributed by atoms with Crippen molar-refractivity contribution < 1.29 is 4.79 Å².